The summed E-state index contributed by atoms with van der Waals surface area (Å²) in [5.41, 5.74) is 1.93. The molecule has 0 saturated carbocycles. The van der Waals surface area contributed by atoms with E-state index in [1.165, 1.54) is 44.2 Å². The second kappa shape index (κ2) is 10.4. The van der Waals surface area contributed by atoms with Crippen LogP contribution in [-0.4, -0.2) is 34.3 Å². The van der Waals surface area contributed by atoms with E-state index in [0.717, 1.165) is 10.5 Å². The number of hydrogen-bond acceptors (Lipinski definition) is 6. The average Bonchev–Trinajstić information content (AvgIpc) is 2.78. The standard InChI is InChI=1S/C23H24N2O5S2/c1-16-4-9-19(10-5-16)31-15-23(26)24-17-6-11-20(12-7-17)32(27,28)25-21-14-18(29-2)8-13-22(21)30-3/h4-14,25H,15H2,1-3H3,(H,24,26). The summed E-state index contributed by atoms with van der Waals surface area (Å²) in [6.07, 6.45) is 0. The number of methoxy groups -OCH3 is 2. The van der Waals surface area contributed by atoms with Crippen LogP contribution in [0.3, 0.4) is 0 Å². The van der Waals surface area contributed by atoms with E-state index in [-0.39, 0.29) is 22.2 Å². The smallest absolute Gasteiger partial charge is 0.262 e. The number of amides is 1. The molecule has 0 fully saturated rings. The van der Waals surface area contributed by atoms with Gasteiger partial charge in [0.15, 0.2) is 0 Å². The fourth-order valence-electron chi connectivity index (χ4n) is 2.80. The quantitative estimate of drug-likeness (QED) is 0.444. The first kappa shape index (κ1) is 23.5. The minimum Gasteiger partial charge on any atom is -0.497 e. The predicted octanol–water partition coefficient (Wildman–Crippen LogP) is 4.54. The maximum absolute atomic E-state index is 12.8. The van der Waals surface area contributed by atoms with Gasteiger partial charge in [0.25, 0.3) is 10.0 Å². The summed E-state index contributed by atoms with van der Waals surface area (Å²) in [6, 6.07) is 18.7. The first-order valence-electron chi connectivity index (χ1n) is 9.65. The molecule has 32 heavy (non-hydrogen) atoms. The van der Waals surface area contributed by atoms with Gasteiger partial charge in [0, 0.05) is 16.6 Å². The molecule has 0 unspecified atom stereocenters. The molecule has 3 rings (SSSR count). The van der Waals surface area contributed by atoms with Crippen LogP contribution in [0.1, 0.15) is 5.56 Å². The van der Waals surface area contributed by atoms with Crippen LogP contribution in [0.5, 0.6) is 11.5 Å². The molecule has 0 spiro atoms. The molecular formula is C23H24N2O5S2. The number of hydrogen-bond donors (Lipinski definition) is 2. The Labute approximate surface area is 192 Å². The van der Waals surface area contributed by atoms with E-state index in [1.54, 1.807) is 24.3 Å². The Bertz CT molecular complexity index is 1180. The van der Waals surface area contributed by atoms with Crippen molar-refractivity contribution >= 4 is 39.1 Å². The molecule has 0 aliphatic carbocycles. The number of thioether (sulfide) groups is 1. The molecule has 3 aromatic rings. The lowest BCUT2D eigenvalue weighted by Crippen LogP contribution is -2.15. The van der Waals surface area contributed by atoms with E-state index >= 15 is 0 Å². The Morgan fingerprint density at radius 1 is 0.938 bits per heavy atom. The Balaban J connectivity index is 1.64. The lowest BCUT2D eigenvalue weighted by molar-refractivity contribution is -0.113. The van der Waals surface area contributed by atoms with E-state index in [4.69, 9.17) is 9.47 Å². The summed E-state index contributed by atoms with van der Waals surface area (Å²) in [7, 11) is -0.923. The number of carbonyl (C=O) groups excluding carboxylic acids is 1. The summed E-state index contributed by atoms with van der Waals surface area (Å²) in [6.45, 7) is 2.01. The zero-order valence-corrected chi connectivity index (χ0v) is 19.5. The minimum absolute atomic E-state index is 0.0504. The molecule has 168 valence electrons. The van der Waals surface area contributed by atoms with Crippen LogP contribution in [-0.2, 0) is 14.8 Å². The van der Waals surface area contributed by atoms with Crippen molar-refractivity contribution in [1.82, 2.24) is 0 Å². The largest absolute Gasteiger partial charge is 0.497 e. The fraction of sp³-hybridized carbons (Fsp3) is 0.174. The molecule has 2 N–H and O–H groups in total. The van der Waals surface area contributed by atoms with Gasteiger partial charge in [-0.3, -0.25) is 9.52 Å². The third-order valence-electron chi connectivity index (χ3n) is 4.49. The van der Waals surface area contributed by atoms with Crippen LogP contribution in [0.4, 0.5) is 11.4 Å². The van der Waals surface area contributed by atoms with Gasteiger partial charge in [0.2, 0.25) is 5.91 Å². The van der Waals surface area contributed by atoms with Crippen LogP contribution >= 0.6 is 11.8 Å². The number of nitrogens with one attached hydrogen (secondary N) is 2. The monoisotopic (exact) mass is 472 g/mol. The number of aryl methyl sites for hydroxylation is 1. The molecule has 1 amide bonds. The number of rotatable bonds is 9. The molecule has 0 aromatic heterocycles. The predicted molar refractivity (Wildman–Crippen MR) is 127 cm³/mol. The molecule has 0 radical (unpaired) electrons. The highest BCUT2D eigenvalue weighted by Gasteiger charge is 2.17. The summed E-state index contributed by atoms with van der Waals surface area (Å²) in [5.74, 6) is 0.931. The molecule has 0 heterocycles. The first-order chi connectivity index (χ1) is 15.3. The molecule has 0 atom stereocenters. The van der Waals surface area contributed by atoms with Crippen molar-refractivity contribution in [2.45, 2.75) is 16.7 Å². The van der Waals surface area contributed by atoms with Crippen LogP contribution in [0.25, 0.3) is 0 Å². The van der Waals surface area contributed by atoms with E-state index in [9.17, 15) is 13.2 Å². The Morgan fingerprint density at radius 3 is 2.25 bits per heavy atom. The van der Waals surface area contributed by atoms with Crippen molar-refractivity contribution in [1.29, 1.82) is 0 Å². The summed E-state index contributed by atoms with van der Waals surface area (Å²) in [4.78, 5) is 13.3. The van der Waals surface area contributed by atoms with Gasteiger partial charge in [-0.15, -0.1) is 11.8 Å². The molecule has 0 bridgehead atoms. The zero-order valence-electron chi connectivity index (χ0n) is 17.9. The number of anilines is 2. The Morgan fingerprint density at radius 2 is 1.62 bits per heavy atom. The number of sulfonamides is 1. The zero-order chi connectivity index (χ0) is 23.1. The van der Waals surface area contributed by atoms with Crippen molar-refractivity contribution in [3.8, 4) is 11.5 Å². The molecule has 0 aliphatic heterocycles. The van der Waals surface area contributed by atoms with Crippen molar-refractivity contribution < 1.29 is 22.7 Å². The number of ether oxygens (including phenoxy) is 2. The molecule has 9 heteroatoms. The van der Waals surface area contributed by atoms with Gasteiger partial charge in [-0.25, -0.2) is 8.42 Å². The summed E-state index contributed by atoms with van der Waals surface area (Å²) >= 11 is 1.43. The molecule has 7 nitrogen and oxygen atoms in total. The molecule has 3 aromatic carbocycles. The minimum atomic E-state index is -3.87. The van der Waals surface area contributed by atoms with Gasteiger partial charge >= 0.3 is 0 Å². The second-order valence-corrected chi connectivity index (χ2v) is 9.58. The Kier molecular flexibility index (Phi) is 7.66. The van der Waals surface area contributed by atoms with Crippen molar-refractivity contribution in [3.63, 3.8) is 0 Å². The van der Waals surface area contributed by atoms with E-state index in [1.807, 2.05) is 31.2 Å². The lowest BCUT2D eigenvalue weighted by atomic mass is 10.2. The highest BCUT2D eigenvalue weighted by atomic mass is 32.2. The van der Waals surface area contributed by atoms with Crippen molar-refractivity contribution in [3.05, 3.63) is 72.3 Å². The number of benzene rings is 3. The van der Waals surface area contributed by atoms with Gasteiger partial charge in [0.05, 0.1) is 30.6 Å². The maximum atomic E-state index is 12.8. The third kappa shape index (κ3) is 6.18. The van der Waals surface area contributed by atoms with E-state index < -0.39 is 10.0 Å². The Hall–Kier alpha value is -3.17. The van der Waals surface area contributed by atoms with E-state index in [0.29, 0.717) is 17.2 Å². The van der Waals surface area contributed by atoms with Crippen LogP contribution in [0.2, 0.25) is 0 Å². The lowest BCUT2D eigenvalue weighted by Gasteiger charge is -2.13. The average molecular weight is 473 g/mol. The van der Waals surface area contributed by atoms with Crippen LogP contribution in [0.15, 0.2) is 76.5 Å². The van der Waals surface area contributed by atoms with Gasteiger partial charge in [-0.1, -0.05) is 17.7 Å². The van der Waals surface area contributed by atoms with Crippen molar-refractivity contribution in [2.24, 2.45) is 0 Å². The molecular weight excluding hydrogens is 448 g/mol. The van der Waals surface area contributed by atoms with E-state index in [2.05, 4.69) is 10.0 Å². The van der Waals surface area contributed by atoms with Crippen molar-refractivity contribution in [2.75, 3.05) is 30.0 Å². The highest BCUT2D eigenvalue weighted by Crippen LogP contribution is 2.31. The highest BCUT2D eigenvalue weighted by molar-refractivity contribution is 8.00. The summed E-state index contributed by atoms with van der Waals surface area (Å²) < 4.78 is 38.5. The van der Waals surface area contributed by atoms with Gasteiger partial charge in [0.1, 0.15) is 11.5 Å². The molecule has 0 aliphatic rings. The third-order valence-corrected chi connectivity index (χ3v) is 6.88. The maximum Gasteiger partial charge on any atom is 0.262 e. The van der Waals surface area contributed by atoms with Gasteiger partial charge in [-0.2, -0.15) is 0 Å². The topological polar surface area (TPSA) is 93.7 Å². The van der Waals surface area contributed by atoms with Gasteiger partial charge < -0.3 is 14.8 Å². The first-order valence-corrected chi connectivity index (χ1v) is 12.1. The fourth-order valence-corrected chi connectivity index (χ4v) is 4.56. The van der Waals surface area contributed by atoms with Gasteiger partial charge in [-0.05, 0) is 55.5 Å². The summed E-state index contributed by atoms with van der Waals surface area (Å²) in [5, 5.41) is 2.77. The SMILES string of the molecule is COc1ccc(OC)c(NS(=O)(=O)c2ccc(NC(=O)CSc3ccc(C)cc3)cc2)c1. The molecule has 0 saturated heterocycles. The second-order valence-electron chi connectivity index (χ2n) is 6.85. The van der Waals surface area contributed by atoms with Crippen LogP contribution < -0.4 is 19.5 Å². The number of carbonyl (C=O) groups is 1. The normalized spacial score (nSPS) is 11.0. The van der Waals surface area contributed by atoms with Crippen LogP contribution in [0, 0.1) is 6.92 Å².